The lowest BCUT2D eigenvalue weighted by Crippen LogP contribution is -2.07. The van der Waals surface area contributed by atoms with E-state index in [0.29, 0.717) is 72.4 Å². The van der Waals surface area contributed by atoms with Gasteiger partial charge in [-0.25, -0.2) is 4.85 Å². The maximum absolute atomic E-state index is 14.6. The average Bonchev–Trinajstić information content (AvgIpc) is 3.79. The fraction of sp³-hybridized carbons (Fsp3) is 0.0741. The van der Waals surface area contributed by atoms with E-state index in [1.165, 1.54) is 12.1 Å². The maximum Gasteiger partial charge on any atom is 0.417 e. The van der Waals surface area contributed by atoms with Crippen molar-refractivity contribution < 1.29 is 26.3 Å². The summed E-state index contributed by atoms with van der Waals surface area (Å²) in [6.45, 7) is 12.3. The van der Waals surface area contributed by atoms with Crippen LogP contribution in [0.4, 0.5) is 32.0 Å². The third-order valence-electron chi connectivity index (χ3n) is 12.0. The predicted molar refractivity (Wildman–Crippen MR) is 242 cm³/mol. The first-order valence-electron chi connectivity index (χ1n) is 20.2. The van der Waals surface area contributed by atoms with E-state index in [2.05, 4.69) is 10.9 Å². The van der Waals surface area contributed by atoms with Crippen molar-refractivity contribution in [2.45, 2.75) is 26.2 Å². The van der Waals surface area contributed by atoms with Crippen LogP contribution in [0, 0.1) is 31.8 Å². The Bertz CT molecular complexity index is 3650. The highest BCUT2D eigenvalue weighted by Crippen LogP contribution is 2.48. The van der Waals surface area contributed by atoms with Gasteiger partial charge in [-0.2, -0.15) is 31.6 Å². The number of fused-ring (bicyclic) bond motifs is 6. The molecule has 0 aliphatic rings. The van der Waals surface area contributed by atoms with Crippen molar-refractivity contribution in [1.29, 1.82) is 5.26 Å². The molecule has 10 heteroatoms. The third kappa shape index (κ3) is 6.46. The first-order chi connectivity index (χ1) is 30.7. The number of nitriles is 1. The zero-order valence-electron chi connectivity index (χ0n) is 34.1. The van der Waals surface area contributed by atoms with E-state index in [-0.39, 0.29) is 11.3 Å². The largest absolute Gasteiger partial charge is 0.417 e. The molecule has 2 heterocycles. The van der Waals surface area contributed by atoms with Crippen LogP contribution in [0.25, 0.3) is 93.2 Å². The Hall–Kier alpha value is -8.08. The van der Waals surface area contributed by atoms with Gasteiger partial charge in [0.2, 0.25) is 5.69 Å². The molecule has 0 aliphatic heterocycles. The number of benzene rings is 8. The summed E-state index contributed by atoms with van der Waals surface area (Å²) < 4.78 is 89.0. The van der Waals surface area contributed by atoms with Crippen LogP contribution in [0.5, 0.6) is 0 Å². The molecule has 0 N–H and O–H groups in total. The minimum absolute atomic E-state index is 0.0160. The summed E-state index contributed by atoms with van der Waals surface area (Å²) in [5.41, 5.74) is 6.64. The molecule has 4 nitrogen and oxygen atoms in total. The first kappa shape index (κ1) is 40.0. The van der Waals surface area contributed by atoms with E-state index in [1.807, 2.05) is 100 Å². The van der Waals surface area contributed by atoms with Crippen LogP contribution in [0.1, 0.15) is 27.8 Å². The number of alkyl halides is 6. The van der Waals surface area contributed by atoms with Gasteiger partial charge in [-0.3, -0.25) is 0 Å². The molecular weight excluding hydrogens is 819 g/mol. The molecule has 0 saturated heterocycles. The summed E-state index contributed by atoms with van der Waals surface area (Å²) >= 11 is 0. The minimum atomic E-state index is -4.62. The quantitative estimate of drug-likeness (QED) is 0.126. The van der Waals surface area contributed by atoms with Gasteiger partial charge in [0.1, 0.15) is 0 Å². The van der Waals surface area contributed by atoms with Crippen molar-refractivity contribution in [3.8, 4) is 50.8 Å². The molecule has 310 valence electrons. The van der Waals surface area contributed by atoms with Gasteiger partial charge in [0, 0.05) is 21.5 Å². The van der Waals surface area contributed by atoms with E-state index >= 15 is 0 Å². The van der Waals surface area contributed by atoms with Crippen LogP contribution >= 0.6 is 0 Å². The summed E-state index contributed by atoms with van der Waals surface area (Å²) in [5, 5.41) is 13.3. The summed E-state index contributed by atoms with van der Waals surface area (Å²) in [7, 11) is 0. The van der Waals surface area contributed by atoms with Crippen LogP contribution in [-0.4, -0.2) is 9.13 Å². The molecule has 0 saturated carbocycles. The van der Waals surface area contributed by atoms with Crippen molar-refractivity contribution in [2.24, 2.45) is 0 Å². The number of aryl methyl sites for hydroxylation is 2. The summed E-state index contributed by atoms with van der Waals surface area (Å²) in [5.74, 6) is 0. The lowest BCUT2D eigenvalue weighted by Gasteiger charge is -2.21. The van der Waals surface area contributed by atoms with Crippen molar-refractivity contribution in [2.75, 3.05) is 0 Å². The van der Waals surface area contributed by atoms with Crippen molar-refractivity contribution in [1.82, 2.24) is 9.13 Å². The predicted octanol–water partition coefficient (Wildman–Crippen LogP) is 16.0. The van der Waals surface area contributed by atoms with Gasteiger partial charge in [0.05, 0.1) is 62.8 Å². The minimum Gasteiger partial charge on any atom is -0.319 e. The Labute approximate surface area is 362 Å². The second-order valence-electron chi connectivity index (χ2n) is 15.9. The highest BCUT2D eigenvalue weighted by molar-refractivity contribution is 6.13. The van der Waals surface area contributed by atoms with Crippen LogP contribution in [0.2, 0.25) is 0 Å². The Balaban J connectivity index is 1.31. The zero-order chi connectivity index (χ0) is 44.7. The molecule has 0 atom stereocenters. The van der Waals surface area contributed by atoms with E-state index in [0.717, 1.165) is 45.3 Å². The molecule has 10 rings (SSSR count). The molecule has 10 aromatic rings. The second-order valence-corrected chi connectivity index (χ2v) is 15.9. The van der Waals surface area contributed by atoms with Gasteiger partial charge >= 0.3 is 12.4 Å². The van der Waals surface area contributed by atoms with Gasteiger partial charge in [-0.15, -0.1) is 0 Å². The first-order valence-corrected chi connectivity index (χ1v) is 20.2. The number of para-hydroxylation sites is 2. The lowest BCUT2D eigenvalue weighted by molar-refractivity contribution is -0.138. The van der Waals surface area contributed by atoms with Crippen LogP contribution in [0.15, 0.2) is 158 Å². The monoisotopic (exact) mass is 850 g/mol. The Morgan fingerprint density at radius 2 is 1.09 bits per heavy atom. The molecule has 2 aromatic heterocycles. The normalized spacial score (nSPS) is 12.0. The zero-order valence-corrected chi connectivity index (χ0v) is 34.1. The van der Waals surface area contributed by atoms with E-state index < -0.39 is 23.5 Å². The highest BCUT2D eigenvalue weighted by atomic mass is 19.4. The summed E-state index contributed by atoms with van der Waals surface area (Å²) in [4.78, 5) is 4.29. The number of aromatic nitrogens is 2. The van der Waals surface area contributed by atoms with Crippen LogP contribution in [0.3, 0.4) is 0 Å². The van der Waals surface area contributed by atoms with Crippen molar-refractivity contribution >= 4 is 49.3 Å². The molecule has 0 spiro atoms. The number of halogens is 6. The topological polar surface area (TPSA) is 38.0 Å². The van der Waals surface area contributed by atoms with Gasteiger partial charge in [0.15, 0.2) is 0 Å². The van der Waals surface area contributed by atoms with Crippen molar-refractivity contribution in [3.63, 3.8) is 0 Å². The van der Waals surface area contributed by atoms with Crippen molar-refractivity contribution in [3.05, 3.63) is 197 Å². The number of rotatable bonds is 5. The summed E-state index contributed by atoms with van der Waals surface area (Å²) in [6, 6.07) is 47.3. The maximum atomic E-state index is 14.6. The van der Waals surface area contributed by atoms with Crippen LogP contribution < -0.4 is 0 Å². The van der Waals surface area contributed by atoms with Gasteiger partial charge in [-0.05, 0) is 113 Å². The molecule has 0 fully saturated rings. The van der Waals surface area contributed by atoms with E-state index in [1.54, 1.807) is 50.2 Å². The number of nitrogens with zero attached hydrogens (tertiary/aromatic N) is 4. The van der Waals surface area contributed by atoms with Gasteiger partial charge < -0.3 is 9.13 Å². The molecule has 64 heavy (non-hydrogen) atoms. The molecule has 0 unspecified atom stereocenters. The number of hydrogen-bond donors (Lipinski definition) is 0. The van der Waals surface area contributed by atoms with Gasteiger partial charge in [0.25, 0.3) is 0 Å². The Morgan fingerprint density at radius 3 is 1.72 bits per heavy atom. The SMILES string of the molecule is [C-]#[N+]c1c(-n2c3ccccc3c3ccc(-c4ccc(C(F)(F)F)cc4C)cc32)ccc(-c2cccc(C#N)c2)c1-n1c2ccccc2c2ccc(-c3ccc(C)cc3C(F)(F)F)cc21. The molecular formula is C54H32F6N4. The molecule has 0 amide bonds. The Kier molecular flexibility index (Phi) is 9.25. The van der Waals surface area contributed by atoms with Gasteiger partial charge in [-0.1, -0.05) is 103 Å². The Morgan fingerprint density at radius 1 is 0.516 bits per heavy atom. The van der Waals surface area contributed by atoms with E-state index in [9.17, 15) is 31.6 Å². The highest BCUT2D eigenvalue weighted by Gasteiger charge is 2.34. The summed E-state index contributed by atoms with van der Waals surface area (Å²) in [6.07, 6.45) is -9.12. The molecule has 0 radical (unpaired) electrons. The average molecular weight is 851 g/mol. The third-order valence-corrected chi connectivity index (χ3v) is 12.0. The lowest BCUT2D eigenvalue weighted by atomic mass is 9.96. The fourth-order valence-corrected chi connectivity index (χ4v) is 9.16. The molecule has 0 aliphatic carbocycles. The van der Waals surface area contributed by atoms with Crippen LogP contribution in [-0.2, 0) is 12.4 Å². The van der Waals surface area contributed by atoms with E-state index in [4.69, 9.17) is 6.57 Å². The smallest absolute Gasteiger partial charge is 0.319 e. The molecule has 0 bridgehead atoms. The second kappa shape index (κ2) is 14.8. The standard InChI is InChI=1S/C54H32F6N4/c1-31-15-19-39(45(25-31)54(58,59)60)36-17-21-44-42-12-5-7-14-47(42)64(50(44)29-36)52-40(34-10-8-9-33(27-34)30-61)23-24-48(51(52)62-3)63-46-13-6-4-11-41(46)43-20-16-35(28-49(43)63)38-22-18-37(26-32(38)2)53(55,56)57/h4-29H,1-2H3. The molecule has 8 aromatic carbocycles. The fourth-order valence-electron chi connectivity index (χ4n) is 9.16. The number of hydrogen-bond acceptors (Lipinski definition) is 1.